The molecule has 2 aliphatic rings. The predicted molar refractivity (Wildman–Crippen MR) is 124 cm³/mol. The van der Waals surface area contributed by atoms with Crippen LogP contribution in [-0.2, 0) is 20.9 Å². The van der Waals surface area contributed by atoms with Gasteiger partial charge < -0.3 is 19.9 Å². The third kappa shape index (κ3) is 4.91. The van der Waals surface area contributed by atoms with Crippen LogP contribution in [-0.4, -0.2) is 54.6 Å². The maximum Gasteiger partial charge on any atom is 0.250 e. The second kappa shape index (κ2) is 10.1. The van der Waals surface area contributed by atoms with Crippen LogP contribution in [0.3, 0.4) is 0 Å². The van der Waals surface area contributed by atoms with Gasteiger partial charge in [0.25, 0.3) is 5.91 Å². The van der Waals surface area contributed by atoms with E-state index in [2.05, 4.69) is 5.32 Å². The molecule has 0 radical (unpaired) electrons. The fourth-order valence-electron chi connectivity index (χ4n) is 4.00. The molecule has 2 aromatic rings. The van der Waals surface area contributed by atoms with E-state index in [-0.39, 0.29) is 24.3 Å². The molecule has 1 fully saturated rings. The largest absolute Gasteiger partial charge is 0.497 e. The zero-order valence-electron chi connectivity index (χ0n) is 18.1. The van der Waals surface area contributed by atoms with Crippen LogP contribution in [0.1, 0.15) is 24.8 Å². The molecule has 0 spiro atoms. The number of piperidine rings is 1. The molecule has 0 bridgehead atoms. The lowest BCUT2D eigenvalue weighted by Crippen LogP contribution is -2.52. The summed E-state index contributed by atoms with van der Waals surface area (Å²) in [5.74, 6) is -0.0585. The van der Waals surface area contributed by atoms with Gasteiger partial charge in [-0.05, 0) is 49.1 Å². The van der Waals surface area contributed by atoms with Crippen LogP contribution in [0.25, 0.3) is 0 Å². The van der Waals surface area contributed by atoms with E-state index in [1.165, 1.54) is 16.7 Å². The maximum atomic E-state index is 13.3. The summed E-state index contributed by atoms with van der Waals surface area (Å²) >= 11 is 1.28. The smallest absolute Gasteiger partial charge is 0.250 e. The lowest BCUT2D eigenvalue weighted by molar-refractivity contribution is -0.135. The second-order valence-corrected chi connectivity index (χ2v) is 9.05. The zero-order chi connectivity index (χ0) is 22.5. The minimum atomic E-state index is -0.853. The van der Waals surface area contributed by atoms with Crippen molar-refractivity contribution in [1.82, 2.24) is 10.2 Å². The monoisotopic (exact) mass is 453 g/mol. The Bertz CT molecular complexity index is 1010. The first-order chi connectivity index (χ1) is 15.6. The van der Waals surface area contributed by atoms with Gasteiger partial charge in [0.15, 0.2) is 5.25 Å². The Kier molecular flexibility index (Phi) is 6.99. The number of para-hydroxylation sites is 1. The van der Waals surface area contributed by atoms with E-state index in [0.717, 1.165) is 29.7 Å². The fourth-order valence-corrected chi connectivity index (χ4v) is 5.19. The van der Waals surface area contributed by atoms with E-state index in [0.29, 0.717) is 31.1 Å². The number of amides is 3. The number of nitrogens with zero attached hydrogens (tertiary/aromatic N) is 2. The van der Waals surface area contributed by atoms with Gasteiger partial charge in [-0.25, -0.2) is 0 Å². The van der Waals surface area contributed by atoms with Crippen LogP contribution in [0, 0.1) is 0 Å². The van der Waals surface area contributed by atoms with Crippen LogP contribution in [0.2, 0.25) is 0 Å². The van der Waals surface area contributed by atoms with Gasteiger partial charge >= 0.3 is 0 Å². The number of carbonyl (C=O) groups excluding carboxylic acids is 3. The van der Waals surface area contributed by atoms with E-state index >= 15 is 0 Å². The summed E-state index contributed by atoms with van der Waals surface area (Å²) < 4.78 is 5.22. The van der Waals surface area contributed by atoms with Gasteiger partial charge in [-0.15, -0.1) is 11.8 Å². The van der Waals surface area contributed by atoms with Crippen molar-refractivity contribution in [2.24, 2.45) is 0 Å². The van der Waals surface area contributed by atoms with Crippen LogP contribution >= 0.6 is 11.8 Å². The number of nitrogens with one attached hydrogen (secondary N) is 1. The topological polar surface area (TPSA) is 79.0 Å². The molecule has 2 aliphatic heterocycles. The maximum absolute atomic E-state index is 13.3. The van der Waals surface area contributed by atoms with Crippen molar-refractivity contribution in [2.75, 3.05) is 31.6 Å². The number of hydrogen-bond acceptors (Lipinski definition) is 5. The highest BCUT2D eigenvalue weighted by Gasteiger charge is 2.40. The van der Waals surface area contributed by atoms with Crippen LogP contribution in [0.4, 0.5) is 5.69 Å². The number of methoxy groups -OCH3 is 1. The number of fused-ring (bicyclic) bond motifs is 1. The molecule has 4 rings (SSSR count). The molecule has 1 atom stereocenters. The van der Waals surface area contributed by atoms with Crippen LogP contribution in [0.15, 0.2) is 53.4 Å². The summed E-state index contributed by atoms with van der Waals surface area (Å²) in [6.45, 7) is 1.56. The third-order valence-corrected chi connectivity index (χ3v) is 6.95. The average molecular weight is 454 g/mol. The number of anilines is 1. The minimum Gasteiger partial charge on any atom is -0.497 e. The standard InChI is InChI=1S/C24H27N3O4S/c1-31-18-9-7-8-17(14-18)15-25-21(28)16-27-19-10-3-4-11-20(19)32-22(24(27)30)23(29)26-12-5-2-6-13-26/h3-4,7-11,14,22H,2,5-6,12-13,15-16H2,1H3,(H,25,28)/t22-/m0/s1. The summed E-state index contributed by atoms with van der Waals surface area (Å²) in [6, 6.07) is 14.9. The number of carbonyl (C=O) groups is 3. The van der Waals surface area contributed by atoms with Gasteiger partial charge in [0.2, 0.25) is 11.8 Å². The average Bonchev–Trinajstić information content (AvgIpc) is 2.84. The molecule has 0 aromatic heterocycles. The quantitative estimate of drug-likeness (QED) is 0.681. The number of ether oxygens (including phenoxy) is 1. The van der Waals surface area contributed by atoms with Crippen LogP contribution < -0.4 is 15.0 Å². The molecule has 0 unspecified atom stereocenters. The van der Waals surface area contributed by atoms with Crippen molar-refractivity contribution in [3.63, 3.8) is 0 Å². The Hall–Kier alpha value is -3.00. The molecule has 0 saturated carbocycles. The molecular formula is C24H27N3O4S. The molecule has 2 heterocycles. The lowest BCUT2D eigenvalue weighted by Gasteiger charge is -2.36. The Morgan fingerprint density at radius 3 is 2.66 bits per heavy atom. The van der Waals surface area contributed by atoms with E-state index < -0.39 is 5.25 Å². The number of thioether (sulfide) groups is 1. The molecule has 3 amide bonds. The SMILES string of the molecule is COc1cccc(CNC(=O)CN2C(=O)[C@H](C(=O)N3CCCCC3)Sc3ccccc32)c1. The van der Waals surface area contributed by atoms with Crippen molar-refractivity contribution in [1.29, 1.82) is 0 Å². The number of benzene rings is 2. The van der Waals surface area contributed by atoms with Crippen molar-refractivity contribution in [2.45, 2.75) is 36.0 Å². The second-order valence-electron chi connectivity index (χ2n) is 7.90. The molecule has 0 aliphatic carbocycles. The van der Waals surface area contributed by atoms with Crippen molar-refractivity contribution in [3.8, 4) is 5.75 Å². The van der Waals surface area contributed by atoms with Gasteiger partial charge in [0.1, 0.15) is 12.3 Å². The molecule has 8 heteroatoms. The molecule has 1 saturated heterocycles. The highest BCUT2D eigenvalue weighted by Crippen LogP contribution is 2.39. The van der Waals surface area contributed by atoms with Gasteiger partial charge in [-0.1, -0.05) is 24.3 Å². The van der Waals surface area contributed by atoms with Crippen molar-refractivity contribution in [3.05, 3.63) is 54.1 Å². The van der Waals surface area contributed by atoms with Crippen molar-refractivity contribution < 1.29 is 19.1 Å². The number of hydrogen-bond donors (Lipinski definition) is 1. The normalized spacial score (nSPS) is 18.2. The molecule has 168 valence electrons. The first kappa shape index (κ1) is 22.2. The first-order valence-corrected chi connectivity index (χ1v) is 11.7. The van der Waals surface area contributed by atoms with Gasteiger partial charge in [-0.2, -0.15) is 0 Å². The highest BCUT2D eigenvalue weighted by molar-refractivity contribution is 8.01. The Morgan fingerprint density at radius 2 is 1.88 bits per heavy atom. The molecule has 32 heavy (non-hydrogen) atoms. The van der Waals surface area contributed by atoms with E-state index in [9.17, 15) is 14.4 Å². The highest BCUT2D eigenvalue weighted by atomic mass is 32.2. The van der Waals surface area contributed by atoms with E-state index in [1.807, 2.05) is 48.5 Å². The Morgan fingerprint density at radius 1 is 1.09 bits per heavy atom. The van der Waals surface area contributed by atoms with E-state index in [4.69, 9.17) is 4.74 Å². The lowest BCUT2D eigenvalue weighted by atomic mass is 10.1. The number of likely N-dealkylation sites (tertiary alicyclic amines) is 1. The predicted octanol–water partition coefficient (Wildman–Crippen LogP) is 2.83. The summed E-state index contributed by atoms with van der Waals surface area (Å²) in [4.78, 5) is 43.2. The number of rotatable bonds is 6. The molecular weight excluding hydrogens is 426 g/mol. The summed E-state index contributed by atoms with van der Waals surface area (Å²) in [7, 11) is 1.59. The minimum absolute atomic E-state index is 0.135. The molecule has 7 nitrogen and oxygen atoms in total. The molecule has 2 aromatic carbocycles. The zero-order valence-corrected chi connectivity index (χ0v) is 18.9. The van der Waals surface area contributed by atoms with Gasteiger partial charge in [0, 0.05) is 24.5 Å². The summed E-state index contributed by atoms with van der Waals surface area (Å²) in [5.41, 5.74) is 1.57. The molecule has 1 N–H and O–H groups in total. The summed E-state index contributed by atoms with van der Waals surface area (Å²) in [5, 5.41) is 2.01. The van der Waals surface area contributed by atoms with Gasteiger partial charge in [-0.3, -0.25) is 14.4 Å². The Balaban J connectivity index is 1.47. The van der Waals surface area contributed by atoms with E-state index in [1.54, 1.807) is 12.0 Å². The van der Waals surface area contributed by atoms with Gasteiger partial charge in [0.05, 0.1) is 12.8 Å². The fraction of sp³-hybridized carbons (Fsp3) is 0.375. The van der Waals surface area contributed by atoms with Crippen molar-refractivity contribution >= 4 is 35.2 Å². The first-order valence-electron chi connectivity index (χ1n) is 10.8. The van der Waals surface area contributed by atoms with Crippen LogP contribution in [0.5, 0.6) is 5.75 Å². The third-order valence-electron chi connectivity index (χ3n) is 5.71. The summed E-state index contributed by atoms with van der Waals surface area (Å²) in [6.07, 6.45) is 3.03. The Labute approximate surface area is 192 Å².